The normalized spacial score (nSPS) is 11.8. The van der Waals surface area contributed by atoms with Gasteiger partial charge >= 0.3 is 5.97 Å². The number of carbonyl (C=O) groups is 1. The molecule has 1 aromatic carbocycles. The fraction of sp³-hybridized carbons (Fsp3) is 0.364. The molecule has 0 aliphatic carbocycles. The predicted octanol–water partition coefficient (Wildman–Crippen LogP) is 0.306. The number of benzene rings is 1. The monoisotopic (exact) mass is 273 g/mol. The van der Waals surface area contributed by atoms with Crippen molar-refractivity contribution in [2.75, 3.05) is 20.2 Å². The summed E-state index contributed by atoms with van der Waals surface area (Å²) in [6, 6.07) is 3.93. The lowest BCUT2D eigenvalue weighted by Crippen LogP contribution is -2.29. The molecule has 1 aromatic rings. The maximum Gasteiger partial charge on any atom is 0.335 e. The Balaban J connectivity index is 3.26. The molecule has 0 radical (unpaired) electrons. The van der Waals surface area contributed by atoms with E-state index in [9.17, 15) is 13.2 Å². The third-order valence-corrected chi connectivity index (χ3v) is 4.42. The van der Waals surface area contributed by atoms with Crippen LogP contribution in [0.4, 0.5) is 0 Å². The van der Waals surface area contributed by atoms with Crippen LogP contribution in [-0.4, -0.2) is 49.1 Å². The van der Waals surface area contributed by atoms with Gasteiger partial charge in [-0.05, 0) is 24.6 Å². The molecule has 1 rings (SSSR count). The first kappa shape index (κ1) is 14.6. The smallest absolute Gasteiger partial charge is 0.335 e. The lowest BCUT2D eigenvalue weighted by molar-refractivity contribution is 0.0696. The quantitative estimate of drug-likeness (QED) is 0.805. The van der Waals surface area contributed by atoms with Crippen molar-refractivity contribution in [1.29, 1.82) is 0 Å². The zero-order chi connectivity index (χ0) is 13.9. The first-order chi connectivity index (χ1) is 8.30. The number of likely N-dealkylation sites (N-methyl/N-ethyl adjacent to an activating group) is 1. The first-order valence-electron chi connectivity index (χ1n) is 5.22. The predicted molar refractivity (Wildman–Crippen MR) is 65.0 cm³/mol. The summed E-state index contributed by atoms with van der Waals surface area (Å²) in [7, 11) is -2.44. The highest BCUT2D eigenvalue weighted by Gasteiger charge is 2.22. The number of nitrogens with zero attached hydrogens (tertiary/aromatic N) is 1. The van der Waals surface area contributed by atoms with Gasteiger partial charge in [-0.15, -0.1) is 0 Å². The van der Waals surface area contributed by atoms with Gasteiger partial charge in [-0.3, -0.25) is 0 Å². The Morgan fingerprint density at radius 2 is 2.00 bits per heavy atom. The second kappa shape index (κ2) is 5.47. The molecule has 0 fully saturated rings. The van der Waals surface area contributed by atoms with Crippen LogP contribution >= 0.6 is 0 Å². The van der Waals surface area contributed by atoms with Gasteiger partial charge in [-0.1, -0.05) is 6.07 Å². The number of carboxylic acids is 1. The van der Waals surface area contributed by atoms with E-state index >= 15 is 0 Å². The molecule has 0 bridgehead atoms. The third-order valence-electron chi connectivity index (χ3n) is 2.56. The number of hydrogen-bond donors (Lipinski definition) is 2. The average Bonchev–Trinajstić information content (AvgIpc) is 2.29. The molecule has 0 saturated heterocycles. The molecule has 0 atom stereocenters. The summed E-state index contributed by atoms with van der Waals surface area (Å²) in [6.07, 6.45) is 0. The summed E-state index contributed by atoms with van der Waals surface area (Å²) in [6.45, 7) is 1.25. The van der Waals surface area contributed by atoms with Gasteiger partial charge in [-0.25, -0.2) is 13.2 Å². The van der Waals surface area contributed by atoms with Gasteiger partial charge in [0, 0.05) is 13.6 Å². The molecule has 0 aliphatic heterocycles. The number of rotatable bonds is 5. The Kier molecular flexibility index (Phi) is 4.44. The Morgan fingerprint density at radius 1 is 1.39 bits per heavy atom. The summed E-state index contributed by atoms with van der Waals surface area (Å²) in [4.78, 5) is 10.9. The van der Waals surface area contributed by atoms with Crippen LogP contribution in [0.5, 0.6) is 0 Å². The van der Waals surface area contributed by atoms with Gasteiger partial charge < -0.3 is 10.2 Å². The maximum absolute atomic E-state index is 12.0. The first-order valence-corrected chi connectivity index (χ1v) is 6.66. The molecule has 0 spiro atoms. The number of aromatic carboxylic acids is 1. The van der Waals surface area contributed by atoms with Crippen LogP contribution in [-0.2, 0) is 10.0 Å². The van der Waals surface area contributed by atoms with Crippen molar-refractivity contribution in [1.82, 2.24) is 4.31 Å². The summed E-state index contributed by atoms with van der Waals surface area (Å²) >= 11 is 0. The van der Waals surface area contributed by atoms with Crippen molar-refractivity contribution >= 4 is 16.0 Å². The molecule has 18 heavy (non-hydrogen) atoms. The summed E-state index contributed by atoms with van der Waals surface area (Å²) in [5.41, 5.74) is 0.444. The largest absolute Gasteiger partial charge is 0.478 e. The molecule has 100 valence electrons. The topological polar surface area (TPSA) is 94.9 Å². The fourth-order valence-corrected chi connectivity index (χ4v) is 2.62. The Hall–Kier alpha value is -1.44. The van der Waals surface area contributed by atoms with E-state index < -0.39 is 16.0 Å². The zero-order valence-corrected chi connectivity index (χ0v) is 10.9. The van der Waals surface area contributed by atoms with Crippen molar-refractivity contribution in [2.45, 2.75) is 11.8 Å². The van der Waals surface area contributed by atoms with Gasteiger partial charge in [0.1, 0.15) is 0 Å². The highest BCUT2D eigenvalue weighted by Crippen LogP contribution is 2.18. The highest BCUT2D eigenvalue weighted by molar-refractivity contribution is 7.89. The Morgan fingerprint density at radius 3 is 2.50 bits per heavy atom. The van der Waals surface area contributed by atoms with Crippen LogP contribution in [0, 0.1) is 6.92 Å². The molecule has 2 N–H and O–H groups in total. The van der Waals surface area contributed by atoms with E-state index in [1.54, 1.807) is 6.92 Å². The minimum absolute atomic E-state index is 0.0430. The van der Waals surface area contributed by atoms with Gasteiger partial charge in [0.25, 0.3) is 0 Å². The van der Waals surface area contributed by atoms with E-state index in [0.29, 0.717) is 5.56 Å². The van der Waals surface area contributed by atoms with Crippen molar-refractivity contribution in [3.8, 4) is 0 Å². The number of aliphatic hydroxyl groups is 1. The van der Waals surface area contributed by atoms with Crippen molar-refractivity contribution in [3.05, 3.63) is 29.3 Å². The molecule has 0 amide bonds. The second-order valence-corrected chi connectivity index (χ2v) is 5.88. The van der Waals surface area contributed by atoms with Crippen LogP contribution in [0.2, 0.25) is 0 Å². The molecule has 7 heteroatoms. The van der Waals surface area contributed by atoms with Crippen LogP contribution in [0.25, 0.3) is 0 Å². The molecule has 6 nitrogen and oxygen atoms in total. The number of aliphatic hydroxyl groups excluding tert-OH is 1. The SMILES string of the molecule is Cc1ccc(S(=O)(=O)N(C)CCO)cc1C(=O)O. The average molecular weight is 273 g/mol. The van der Waals surface area contributed by atoms with Crippen molar-refractivity contribution in [3.63, 3.8) is 0 Å². The Bertz CT molecular complexity index is 553. The molecular formula is C11H15NO5S. The molecule has 0 heterocycles. The van der Waals surface area contributed by atoms with E-state index in [-0.39, 0.29) is 23.6 Å². The second-order valence-electron chi connectivity index (χ2n) is 3.83. The van der Waals surface area contributed by atoms with Gasteiger partial charge in [0.05, 0.1) is 17.1 Å². The number of hydrogen-bond acceptors (Lipinski definition) is 4. The highest BCUT2D eigenvalue weighted by atomic mass is 32.2. The van der Waals surface area contributed by atoms with Crippen LogP contribution in [0.1, 0.15) is 15.9 Å². The minimum Gasteiger partial charge on any atom is -0.478 e. The van der Waals surface area contributed by atoms with Gasteiger partial charge in [-0.2, -0.15) is 4.31 Å². The fourth-order valence-electron chi connectivity index (χ4n) is 1.43. The summed E-state index contributed by atoms with van der Waals surface area (Å²) < 4.78 is 25.0. The number of aryl methyl sites for hydroxylation is 1. The standard InChI is InChI=1S/C11H15NO5S/c1-8-3-4-9(7-10(8)11(14)15)18(16,17)12(2)5-6-13/h3-4,7,13H,5-6H2,1-2H3,(H,14,15). The zero-order valence-electron chi connectivity index (χ0n) is 10.1. The van der Waals surface area contributed by atoms with Crippen LogP contribution in [0.3, 0.4) is 0 Å². The van der Waals surface area contributed by atoms with E-state index in [4.69, 9.17) is 10.2 Å². The molecule has 0 aliphatic rings. The summed E-state index contributed by atoms with van der Waals surface area (Å²) in [5.74, 6) is -1.17. The van der Waals surface area contributed by atoms with Crippen LogP contribution < -0.4 is 0 Å². The van der Waals surface area contributed by atoms with Gasteiger partial charge in [0.15, 0.2) is 0 Å². The Labute approximate surface area is 106 Å². The molecule has 0 saturated carbocycles. The molecular weight excluding hydrogens is 258 g/mol. The summed E-state index contributed by atoms with van der Waals surface area (Å²) in [5, 5.41) is 17.7. The van der Waals surface area contributed by atoms with Crippen molar-refractivity contribution in [2.24, 2.45) is 0 Å². The van der Waals surface area contributed by atoms with Crippen LogP contribution in [0.15, 0.2) is 23.1 Å². The number of sulfonamides is 1. The maximum atomic E-state index is 12.0. The van der Waals surface area contributed by atoms with E-state index in [2.05, 4.69) is 0 Å². The lowest BCUT2D eigenvalue weighted by atomic mass is 10.1. The number of carboxylic acid groups (broad SMARTS) is 1. The lowest BCUT2D eigenvalue weighted by Gasteiger charge is -2.16. The third kappa shape index (κ3) is 2.87. The van der Waals surface area contributed by atoms with Crippen molar-refractivity contribution < 1.29 is 23.4 Å². The molecule has 0 aromatic heterocycles. The minimum atomic E-state index is -3.76. The van der Waals surface area contributed by atoms with E-state index in [1.165, 1.54) is 19.2 Å². The van der Waals surface area contributed by atoms with E-state index in [1.807, 2.05) is 0 Å². The molecule has 0 unspecified atom stereocenters. The van der Waals surface area contributed by atoms with E-state index in [0.717, 1.165) is 10.4 Å². The van der Waals surface area contributed by atoms with Gasteiger partial charge in [0.2, 0.25) is 10.0 Å².